The van der Waals surface area contributed by atoms with Gasteiger partial charge in [0.15, 0.2) is 0 Å². The van der Waals surface area contributed by atoms with Crippen LogP contribution in [-0.2, 0) is 5.60 Å². The fourth-order valence-electron chi connectivity index (χ4n) is 3.64. The number of aliphatic hydroxyl groups is 2. The van der Waals surface area contributed by atoms with Crippen LogP contribution in [0, 0.1) is 13.8 Å². The zero-order valence-corrected chi connectivity index (χ0v) is 14.8. The van der Waals surface area contributed by atoms with Crippen LogP contribution >= 0.6 is 0 Å². The number of piperidine rings is 1. The molecule has 0 saturated carbocycles. The molecule has 3 nitrogen and oxygen atoms in total. The smallest absolute Gasteiger partial charge is 0.143 e. The summed E-state index contributed by atoms with van der Waals surface area (Å²) in [5, 5.41) is 23.3. The van der Waals surface area contributed by atoms with Crippen molar-refractivity contribution in [2.45, 2.75) is 37.9 Å². The van der Waals surface area contributed by atoms with Crippen LogP contribution in [-0.4, -0.2) is 40.9 Å². The van der Waals surface area contributed by atoms with Crippen molar-refractivity contribution >= 4 is 0 Å². The van der Waals surface area contributed by atoms with Crippen LogP contribution in [0.4, 0.5) is 0 Å². The zero-order valence-electron chi connectivity index (χ0n) is 14.8. The molecule has 3 rings (SSSR count). The molecule has 1 aliphatic rings. The highest BCUT2D eigenvalue weighted by molar-refractivity contribution is 5.42. The van der Waals surface area contributed by atoms with E-state index in [1.165, 1.54) is 0 Å². The molecule has 2 aromatic carbocycles. The Morgan fingerprint density at radius 3 is 1.58 bits per heavy atom. The standard InChI is InChI=1S/C21H27NO2/c1-16-4-8-18(9-5-16)21(24,19-10-6-17(2)7-11-19)20(23)12-14-22(3)15-13-20/h4-11,23-24H,12-15H2,1-3H3. The van der Waals surface area contributed by atoms with E-state index in [0.29, 0.717) is 12.8 Å². The minimum Gasteiger partial charge on any atom is -0.386 e. The molecule has 1 aliphatic heterocycles. The van der Waals surface area contributed by atoms with Crippen LogP contribution in [0.1, 0.15) is 35.1 Å². The van der Waals surface area contributed by atoms with E-state index in [2.05, 4.69) is 11.9 Å². The summed E-state index contributed by atoms with van der Waals surface area (Å²) < 4.78 is 0. The average molecular weight is 325 g/mol. The second kappa shape index (κ2) is 6.32. The minimum absolute atomic E-state index is 0.543. The van der Waals surface area contributed by atoms with Crippen LogP contribution < -0.4 is 0 Å². The second-order valence-corrected chi connectivity index (χ2v) is 7.28. The Morgan fingerprint density at radius 1 is 0.833 bits per heavy atom. The van der Waals surface area contributed by atoms with Gasteiger partial charge in [-0.1, -0.05) is 59.7 Å². The first kappa shape index (κ1) is 17.2. The van der Waals surface area contributed by atoms with Gasteiger partial charge >= 0.3 is 0 Å². The van der Waals surface area contributed by atoms with Gasteiger partial charge < -0.3 is 15.1 Å². The third-order valence-corrected chi connectivity index (χ3v) is 5.43. The predicted molar refractivity (Wildman–Crippen MR) is 97.0 cm³/mol. The van der Waals surface area contributed by atoms with Crippen molar-refractivity contribution in [3.05, 3.63) is 70.8 Å². The van der Waals surface area contributed by atoms with Gasteiger partial charge in [0.05, 0.1) is 0 Å². The van der Waals surface area contributed by atoms with E-state index in [0.717, 1.165) is 35.3 Å². The van der Waals surface area contributed by atoms with Gasteiger partial charge in [-0.25, -0.2) is 0 Å². The van der Waals surface area contributed by atoms with Crippen molar-refractivity contribution in [2.24, 2.45) is 0 Å². The maximum atomic E-state index is 11.8. The molecule has 0 radical (unpaired) electrons. The molecule has 0 bridgehead atoms. The van der Waals surface area contributed by atoms with Crippen LogP contribution in [0.5, 0.6) is 0 Å². The molecule has 2 N–H and O–H groups in total. The Bertz CT molecular complexity index is 637. The maximum absolute atomic E-state index is 11.8. The second-order valence-electron chi connectivity index (χ2n) is 7.28. The van der Waals surface area contributed by atoms with Crippen LogP contribution in [0.25, 0.3) is 0 Å². The average Bonchev–Trinajstić information content (AvgIpc) is 2.58. The van der Waals surface area contributed by atoms with Gasteiger partial charge in [-0.05, 0) is 44.9 Å². The Hall–Kier alpha value is -1.68. The molecule has 0 unspecified atom stereocenters. The fraction of sp³-hybridized carbons (Fsp3) is 0.429. The fourth-order valence-corrected chi connectivity index (χ4v) is 3.64. The highest BCUT2D eigenvalue weighted by Crippen LogP contribution is 2.45. The van der Waals surface area contributed by atoms with Gasteiger partial charge in [0.1, 0.15) is 11.2 Å². The molecule has 2 aromatic rings. The molecule has 0 aromatic heterocycles. The molecule has 0 spiro atoms. The first-order valence-electron chi connectivity index (χ1n) is 8.63. The van der Waals surface area contributed by atoms with Gasteiger partial charge in [0.25, 0.3) is 0 Å². The summed E-state index contributed by atoms with van der Waals surface area (Å²) in [5.74, 6) is 0. The van der Waals surface area contributed by atoms with E-state index in [1.807, 2.05) is 62.4 Å². The SMILES string of the molecule is Cc1ccc(C(O)(c2ccc(C)cc2)C2(O)CCN(C)CC2)cc1. The van der Waals surface area contributed by atoms with Crippen molar-refractivity contribution < 1.29 is 10.2 Å². The quantitative estimate of drug-likeness (QED) is 0.912. The molecule has 1 fully saturated rings. The summed E-state index contributed by atoms with van der Waals surface area (Å²) in [6.45, 7) is 5.60. The predicted octanol–water partition coefficient (Wildman–Crippen LogP) is 3.00. The summed E-state index contributed by atoms with van der Waals surface area (Å²) in [6.07, 6.45) is 1.09. The summed E-state index contributed by atoms with van der Waals surface area (Å²) in [4.78, 5) is 2.19. The number of likely N-dealkylation sites (tertiary alicyclic amines) is 1. The molecule has 128 valence electrons. The number of aryl methyl sites for hydroxylation is 2. The highest BCUT2D eigenvalue weighted by Gasteiger charge is 2.52. The monoisotopic (exact) mass is 325 g/mol. The summed E-state index contributed by atoms with van der Waals surface area (Å²) in [7, 11) is 2.05. The van der Waals surface area contributed by atoms with E-state index in [9.17, 15) is 10.2 Å². The molecule has 1 heterocycles. The molecular formula is C21H27NO2. The summed E-state index contributed by atoms with van der Waals surface area (Å²) in [5.41, 5.74) is 1.20. The van der Waals surface area contributed by atoms with E-state index in [1.54, 1.807) is 0 Å². The lowest BCUT2D eigenvalue weighted by Gasteiger charge is -2.48. The van der Waals surface area contributed by atoms with Gasteiger partial charge in [0.2, 0.25) is 0 Å². The third kappa shape index (κ3) is 2.88. The van der Waals surface area contributed by atoms with Crippen LogP contribution in [0.3, 0.4) is 0 Å². The van der Waals surface area contributed by atoms with Crippen molar-refractivity contribution in [2.75, 3.05) is 20.1 Å². The topological polar surface area (TPSA) is 43.7 Å². The third-order valence-electron chi connectivity index (χ3n) is 5.43. The van der Waals surface area contributed by atoms with Crippen LogP contribution in [0.2, 0.25) is 0 Å². The van der Waals surface area contributed by atoms with Crippen molar-refractivity contribution in [3.8, 4) is 0 Å². The Labute approximate surface area is 144 Å². The Kier molecular flexibility index (Phi) is 4.52. The zero-order chi connectivity index (χ0) is 17.4. The normalized spacial score (nSPS) is 18.5. The van der Waals surface area contributed by atoms with Gasteiger partial charge in [-0.2, -0.15) is 0 Å². The van der Waals surface area contributed by atoms with E-state index in [4.69, 9.17) is 0 Å². The Balaban J connectivity index is 2.13. The lowest BCUT2D eigenvalue weighted by atomic mass is 9.68. The van der Waals surface area contributed by atoms with Gasteiger partial charge in [-0.3, -0.25) is 0 Å². The molecule has 1 saturated heterocycles. The number of rotatable bonds is 3. The minimum atomic E-state index is -1.41. The Morgan fingerprint density at radius 2 is 1.21 bits per heavy atom. The van der Waals surface area contributed by atoms with Gasteiger partial charge in [0, 0.05) is 13.1 Å². The lowest BCUT2D eigenvalue weighted by molar-refractivity contribution is -0.157. The molecule has 0 atom stereocenters. The summed E-state index contributed by atoms with van der Waals surface area (Å²) >= 11 is 0. The van der Waals surface area contributed by atoms with E-state index in [-0.39, 0.29) is 0 Å². The first-order valence-corrected chi connectivity index (χ1v) is 8.63. The molecule has 0 amide bonds. The maximum Gasteiger partial charge on any atom is 0.143 e. The molecule has 24 heavy (non-hydrogen) atoms. The molecular weight excluding hydrogens is 298 g/mol. The number of hydrogen-bond donors (Lipinski definition) is 2. The summed E-state index contributed by atoms with van der Waals surface area (Å²) in [6, 6.07) is 15.7. The molecule has 0 aliphatic carbocycles. The van der Waals surface area contributed by atoms with E-state index >= 15 is 0 Å². The largest absolute Gasteiger partial charge is 0.386 e. The van der Waals surface area contributed by atoms with E-state index < -0.39 is 11.2 Å². The van der Waals surface area contributed by atoms with Crippen molar-refractivity contribution in [1.82, 2.24) is 4.90 Å². The molecule has 3 heteroatoms. The highest BCUT2D eigenvalue weighted by atomic mass is 16.4. The van der Waals surface area contributed by atoms with Crippen LogP contribution in [0.15, 0.2) is 48.5 Å². The van der Waals surface area contributed by atoms with Crippen molar-refractivity contribution in [3.63, 3.8) is 0 Å². The number of nitrogens with zero attached hydrogens (tertiary/aromatic N) is 1. The number of hydrogen-bond acceptors (Lipinski definition) is 3. The van der Waals surface area contributed by atoms with Crippen molar-refractivity contribution in [1.29, 1.82) is 0 Å². The van der Waals surface area contributed by atoms with Gasteiger partial charge in [-0.15, -0.1) is 0 Å². The number of benzene rings is 2. The first-order chi connectivity index (χ1) is 11.3. The lowest BCUT2D eigenvalue weighted by Crippen LogP contribution is -2.57.